The van der Waals surface area contributed by atoms with Crippen LogP contribution in [0.2, 0.25) is 0 Å². The van der Waals surface area contributed by atoms with Crippen LogP contribution in [0.5, 0.6) is 0 Å². The normalized spacial score (nSPS) is 11.0. The first-order valence-corrected chi connectivity index (χ1v) is 8.31. The highest BCUT2D eigenvalue weighted by atomic mass is 32.2. The van der Waals surface area contributed by atoms with Gasteiger partial charge in [0.2, 0.25) is 0 Å². The van der Waals surface area contributed by atoms with Gasteiger partial charge in [0.1, 0.15) is 9.84 Å². The third-order valence-electron chi connectivity index (χ3n) is 2.70. The molecule has 21 heavy (non-hydrogen) atoms. The van der Waals surface area contributed by atoms with Gasteiger partial charge in [0.15, 0.2) is 0 Å². The van der Waals surface area contributed by atoms with Crippen molar-refractivity contribution >= 4 is 27.5 Å². The number of amides is 2. The maximum atomic E-state index is 11.6. The highest BCUT2D eigenvalue weighted by molar-refractivity contribution is 7.90. The lowest BCUT2D eigenvalue weighted by molar-refractivity contribution is 0.0696. The molecule has 1 aromatic rings. The number of hydrogen-bond donors (Lipinski definition) is 3. The van der Waals surface area contributed by atoms with Crippen LogP contribution in [0.4, 0.5) is 10.5 Å². The van der Waals surface area contributed by atoms with Crippen LogP contribution in [-0.4, -0.2) is 44.1 Å². The maximum absolute atomic E-state index is 11.6. The van der Waals surface area contributed by atoms with Gasteiger partial charge < -0.3 is 15.7 Å². The first-order valence-electron chi connectivity index (χ1n) is 6.25. The first-order chi connectivity index (χ1) is 9.69. The Labute approximate surface area is 123 Å². The summed E-state index contributed by atoms with van der Waals surface area (Å²) in [6.45, 7) is 1.88. The number of sulfone groups is 1. The zero-order chi connectivity index (χ0) is 16.0. The Balaban J connectivity index is 2.52. The molecule has 116 valence electrons. The molecular weight excluding hydrogens is 296 g/mol. The van der Waals surface area contributed by atoms with Gasteiger partial charge in [-0.2, -0.15) is 0 Å². The lowest BCUT2D eigenvalue weighted by atomic mass is 10.1. The monoisotopic (exact) mass is 314 g/mol. The molecule has 0 aromatic heterocycles. The third-order valence-corrected chi connectivity index (χ3v) is 3.73. The number of aryl methyl sites for hydroxylation is 1. The van der Waals surface area contributed by atoms with Crippen molar-refractivity contribution in [3.63, 3.8) is 0 Å². The predicted octanol–water partition coefficient (Wildman–Crippen LogP) is 1.25. The van der Waals surface area contributed by atoms with Crippen molar-refractivity contribution in [2.75, 3.05) is 23.9 Å². The molecule has 0 radical (unpaired) electrons. The van der Waals surface area contributed by atoms with Crippen molar-refractivity contribution in [3.8, 4) is 0 Å². The van der Waals surface area contributed by atoms with E-state index >= 15 is 0 Å². The summed E-state index contributed by atoms with van der Waals surface area (Å²) >= 11 is 0. The minimum atomic E-state index is -3.04. The van der Waals surface area contributed by atoms with Gasteiger partial charge in [-0.25, -0.2) is 18.0 Å². The van der Waals surface area contributed by atoms with Crippen LogP contribution in [0.3, 0.4) is 0 Å². The van der Waals surface area contributed by atoms with Crippen LogP contribution < -0.4 is 10.6 Å². The average Bonchev–Trinajstić information content (AvgIpc) is 2.35. The fourth-order valence-electron chi connectivity index (χ4n) is 1.64. The Morgan fingerprint density at radius 2 is 1.95 bits per heavy atom. The van der Waals surface area contributed by atoms with Gasteiger partial charge in [0, 0.05) is 18.5 Å². The molecule has 0 bridgehead atoms. The molecule has 0 fully saturated rings. The van der Waals surface area contributed by atoms with E-state index in [0.717, 1.165) is 6.26 Å². The first kappa shape index (κ1) is 17.0. The van der Waals surface area contributed by atoms with Crippen LogP contribution in [0, 0.1) is 6.92 Å². The minimum absolute atomic E-state index is 0.000966. The molecule has 0 saturated heterocycles. The number of benzene rings is 1. The molecule has 0 heterocycles. The number of hydrogen-bond acceptors (Lipinski definition) is 4. The predicted molar refractivity (Wildman–Crippen MR) is 79.5 cm³/mol. The molecule has 0 aliphatic heterocycles. The van der Waals surface area contributed by atoms with E-state index in [1.54, 1.807) is 19.1 Å². The second-order valence-electron chi connectivity index (χ2n) is 4.70. The molecular formula is C13H18N2O5S. The van der Waals surface area contributed by atoms with Crippen molar-refractivity contribution < 1.29 is 23.1 Å². The molecule has 0 spiro atoms. The zero-order valence-corrected chi connectivity index (χ0v) is 12.7. The number of carbonyl (C=O) groups excluding carboxylic acids is 1. The molecule has 0 atom stereocenters. The number of carboxylic acids is 1. The molecule has 1 rings (SSSR count). The van der Waals surface area contributed by atoms with E-state index in [1.807, 2.05) is 0 Å². The van der Waals surface area contributed by atoms with Crippen LogP contribution in [0.1, 0.15) is 22.3 Å². The molecule has 0 saturated carbocycles. The largest absolute Gasteiger partial charge is 0.478 e. The zero-order valence-electron chi connectivity index (χ0n) is 11.8. The number of carboxylic acid groups (broad SMARTS) is 1. The fraction of sp³-hybridized carbons (Fsp3) is 0.385. The lowest BCUT2D eigenvalue weighted by Gasteiger charge is -2.09. The lowest BCUT2D eigenvalue weighted by Crippen LogP contribution is -2.30. The van der Waals surface area contributed by atoms with Crippen LogP contribution in [0.15, 0.2) is 18.2 Å². The van der Waals surface area contributed by atoms with Gasteiger partial charge in [0.25, 0.3) is 0 Å². The quantitative estimate of drug-likeness (QED) is 0.684. The topological polar surface area (TPSA) is 113 Å². The smallest absolute Gasteiger partial charge is 0.336 e. The molecule has 0 aliphatic carbocycles. The molecule has 3 N–H and O–H groups in total. The third kappa shape index (κ3) is 6.26. The van der Waals surface area contributed by atoms with E-state index < -0.39 is 21.8 Å². The summed E-state index contributed by atoms with van der Waals surface area (Å²) in [4.78, 5) is 22.6. The van der Waals surface area contributed by atoms with E-state index in [0.29, 0.717) is 17.7 Å². The summed E-state index contributed by atoms with van der Waals surface area (Å²) in [5.74, 6) is -1.06. The van der Waals surface area contributed by atoms with Crippen molar-refractivity contribution in [3.05, 3.63) is 29.3 Å². The SMILES string of the molecule is Cc1ccc(NC(=O)NCCCS(C)(=O)=O)cc1C(=O)O. The number of carbonyl (C=O) groups is 2. The highest BCUT2D eigenvalue weighted by Gasteiger charge is 2.09. The van der Waals surface area contributed by atoms with Crippen molar-refractivity contribution in [1.29, 1.82) is 0 Å². The number of rotatable bonds is 6. The summed E-state index contributed by atoms with van der Waals surface area (Å²) in [6, 6.07) is 4.05. The fourth-order valence-corrected chi connectivity index (χ4v) is 2.31. The van der Waals surface area contributed by atoms with Gasteiger partial charge in [-0.1, -0.05) is 6.07 Å². The van der Waals surface area contributed by atoms with Crippen LogP contribution in [0.25, 0.3) is 0 Å². The van der Waals surface area contributed by atoms with E-state index in [4.69, 9.17) is 5.11 Å². The standard InChI is InChI=1S/C13H18N2O5S/c1-9-4-5-10(8-11(9)12(16)17)15-13(18)14-6-3-7-21(2,19)20/h4-5,8H,3,6-7H2,1-2H3,(H,16,17)(H2,14,15,18). The number of anilines is 1. The van der Waals surface area contributed by atoms with Gasteiger partial charge in [-0.3, -0.25) is 0 Å². The molecule has 0 unspecified atom stereocenters. The number of aromatic carboxylic acids is 1. The summed E-state index contributed by atoms with van der Waals surface area (Å²) in [5.41, 5.74) is 1.07. The Bertz CT molecular complexity index is 640. The van der Waals surface area contributed by atoms with Crippen molar-refractivity contribution in [2.45, 2.75) is 13.3 Å². The molecule has 2 amide bonds. The summed E-state index contributed by atoms with van der Waals surface area (Å²) in [5, 5.41) is 14.0. The average molecular weight is 314 g/mol. The van der Waals surface area contributed by atoms with Crippen molar-refractivity contribution in [2.24, 2.45) is 0 Å². The van der Waals surface area contributed by atoms with Gasteiger partial charge >= 0.3 is 12.0 Å². The van der Waals surface area contributed by atoms with Gasteiger partial charge in [-0.15, -0.1) is 0 Å². The van der Waals surface area contributed by atoms with Crippen LogP contribution in [-0.2, 0) is 9.84 Å². The summed E-state index contributed by atoms with van der Waals surface area (Å²) in [7, 11) is -3.04. The van der Waals surface area contributed by atoms with Crippen molar-refractivity contribution in [1.82, 2.24) is 5.32 Å². The number of nitrogens with one attached hydrogen (secondary N) is 2. The second kappa shape index (κ2) is 7.07. The molecule has 7 nitrogen and oxygen atoms in total. The van der Waals surface area contributed by atoms with Gasteiger partial charge in [0.05, 0.1) is 11.3 Å². The summed E-state index contributed by atoms with van der Waals surface area (Å²) < 4.78 is 21.8. The molecule has 8 heteroatoms. The highest BCUT2D eigenvalue weighted by Crippen LogP contribution is 2.15. The summed E-state index contributed by atoms with van der Waals surface area (Å²) in [6.07, 6.45) is 1.45. The van der Waals surface area contributed by atoms with E-state index in [9.17, 15) is 18.0 Å². The van der Waals surface area contributed by atoms with Crippen LogP contribution >= 0.6 is 0 Å². The van der Waals surface area contributed by atoms with E-state index in [1.165, 1.54) is 6.07 Å². The van der Waals surface area contributed by atoms with E-state index in [2.05, 4.69) is 10.6 Å². The molecule has 0 aliphatic rings. The Morgan fingerprint density at radius 3 is 2.52 bits per heavy atom. The van der Waals surface area contributed by atoms with E-state index in [-0.39, 0.29) is 17.9 Å². The molecule has 1 aromatic carbocycles. The number of urea groups is 1. The van der Waals surface area contributed by atoms with Gasteiger partial charge in [-0.05, 0) is 31.0 Å². The Kier molecular flexibility index (Phi) is 5.71. The Hall–Kier alpha value is -2.09. The minimum Gasteiger partial charge on any atom is -0.478 e. The maximum Gasteiger partial charge on any atom is 0.336 e. The Morgan fingerprint density at radius 1 is 1.29 bits per heavy atom. The second-order valence-corrected chi connectivity index (χ2v) is 6.96.